The Labute approximate surface area is 205 Å². The summed E-state index contributed by atoms with van der Waals surface area (Å²) >= 11 is 1.49. The van der Waals surface area contributed by atoms with E-state index in [1.165, 1.54) is 17.0 Å². The zero-order valence-electron chi connectivity index (χ0n) is 19.2. The summed E-state index contributed by atoms with van der Waals surface area (Å²) < 4.78 is 0. The van der Waals surface area contributed by atoms with Gasteiger partial charge >= 0.3 is 0 Å². The van der Waals surface area contributed by atoms with Gasteiger partial charge in [-0.1, -0.05) is 0 Å². The number of carbonyl (C=O) groups is 1. The van der Waals surface area contributed by atoms with Crippen molar-refractivity contribution < 1.29 is 4.79 Å². The number of likely N-dealkylation sites (N-methyl/N-ethyl adjacent to an activating group) is 1. The number of rotatable bonds is 4. The highest BCUT2D eigenvalue weighted by Crippen LogP contribution is 2.25. The molecule has 176 valence electrons. The minimum absolute atomic E-state index is 0.183. The maximum absolute atomic E-state index is 12.9. The van der Waals surface area contributed by atoms with Crippen molar-refractivity contribution in [3.8, 4) is 11.4 Å². The first-order valence-electron chi connectivity index (χ1n) is 11.5. The number of aromatic amines is 2. The number of carbonyl (C=O) groups excluding carboxylic acids is 1. The fourth-order valence-electron chi connectivity index (χ4n) is 4.43. The Hall–Kier alpha value is -3.95. The largest absolute Gasteiger partial charge is 0.369 e. The summed E-state index contributed by atoms with van der Waals surface area (Å²) in [6, 6.07) is 15.3. The molecule has 3 aromatic heterocycles. The van der Waals surface area contributed by atoms with Crippen LogP contribution in [0.3, 0.4) is 0 Å². The van der Waals surface area contributed by atoms with Crippen LogP contribution in [-0.4, -0.2) is 59.0 Å². The normalized spacial score (nSPS) is 14.6. The van der Waals surface area contributed by atoms with Gasteiger partial charge in [0.15, 0.2) is 5.69 Å². The quantitative estimate of drug-likeness (QED) is 0.356. The van der Waals surface area contributed by atoms with Gasteiger partial charge in [-0.15, -0.1) is 11.3 Å². The number of anilines is 2. The Morgan fingerprint density at radius 2 is 1.77 bits per heavy atom. The maximum Gasteiger partial charge on any atom is 0.276 e. The van der Waals surface area contributed by atoms with Crippen molar-refractivity contribution in [1.82, 2.24) is 19.9 Å². The van der Waals surface area contributed by atoms with Gasteiger partial charge in [0.1, 0.15) is 0 Å². The van der Waals surface area contributed by atoms with E-state index in [1.54, 1.807) is 6.07 Å². The van der Waals surface area contributed by atoms with E-state index in [-0.39, 0.29) is 11.5 Å². The van der Waals surface area contributed by atoms with Gasteiger partial charge in [0.05, 0.1) is 16.7 Å². The van der Waals surface area contributed by atoms with Crippen LogP contribution in [0.2, 0.25) is 0 Å². The highest BCUT2D eigenvalue weighted by molar-refractivity contribution is 7.09. The third-order valence-electron chi connectivity index (χ3n) is 6.47. The van der Waals surface area contributed by atoms with Gasteiger partial charge in [0.25, 0.3) is 11.5 Å². The third kappa shape index (κ3) is 4.20. The van der Waals surface area contributed by atoms with Gasteiger partial charge in [0.2, 0.25) is 0 Å². The van der Waals surface area contributed by atoms with Crippen molar-refractivity contribution in [1.29, 1.82) is 0 Å². The lowest BCUT2D eigenvalue weighted by Gasteiger charge is -2.34. The van der Waals surface area contributed by atoms with E-state index >= 15 is 0 Å². The lowest BCUT2D eigenvalue weighted by atomic mass is 10.1. The first-order valence-corrected chi connectivity index (χ1v) is 12.4. The second-order valence-corrected chi connectivity index (χ2v) is 9.61. The average molecular weight is 485 g/mol. The highest BCUT2D eigenvalue weighted by Gasteiger charge is 2.15. The number of benzene rings is 2. The molecule has 0 unspecified atom stereocenters. The predicted octanol–water partition coefficient (Wildman–Crippen LogP) is 4.14. The lowest BCUT2D eigenvalue weighted by Crippen LogP contribution is -2.44. The van der Waals surface area contributed by atoms with Crippen LogP contribution in [0.15, 0.2) is 64.1 Å². The van der Waals surface area contributed by atoms with Crippen LogP contribution in [0, 0.1) is 0 Å². The van der Waals surface area contributed by atoms with Crippen LogP contribution in [0.5, 0.6) is 0 Å². The summed E-state index contributed by atoms with van der Waals surface area (Å²) in [5.41, 5.74) is 5.48. The SMILES string of the molecule is CN1CCN(c2ccc(NC(=O)c3ccc4[nH]c(-c5nc6cscc6[nH]c5=O)cc4c3)cc2)CC1. The fraction of sp³-hybridized carbons (Fsp3) is 0.192. The molecular formula is C26H24N6O2S. The van der Waals surface area contributed by atoms with Crippen LogP contribution < -0.4 is 15.8 Å². The molecule has 9 heteroatoms. The van der Waals surface area contributed by atoms with Gasteiger partial charge in [-0.3, -0.25) is 9.59 Å². The number of fused-ring (bicyclic) bond motifs is 2. The number of piperazine rings is 1. The summed E-state index contributed by atoms with van der Waals surface area (Å²) in [6.07, 6.45) is 0. The summed E-state index contributed by atoms with van der Waals surface area (Å²) in [4.78, 5) is 40.8. The molecule has 1 amide bonds. The Morgan fingerprint density at radius 3 is 2.57 bits per heavy atom. The lowest BCUT2D eigenvalue weighted by molar-refractivity contribution is 0.102. The monoisotopic (exact) mass is 484 g/mol. The van der Waals surface area contributed by atoms with E-state index in [4.69, 9.17) is 0 Å². The van der Waals surface area contributed by atoms with Crippen LogP contribution >= 0.6 is 11.3 Å². The molecule has 8 nitrogen and oxygen atoms in total. The summed E-state index contributed by atoms with van der Waals surface area (Å²) in [5.74, 6) is -0.183. The van der Waals surface area contributed by atoms with E-state index in [9.17, 15) is 9.59 Å². The number of nitrogens with zero attached hydrogens (tertiary/aromatic N) is 3. The molecule has 0 aliphatic carbocycles. The number of amides is 1. The average Bonchev–Trinajstić information content (AvgIpc) is 3.50. The zero-order valence-corrected chi connectivity index (χ0v) is 20.0. The van der Waals surface area contributed by atoms with Gasteiger partial charge in [-0.2, -0.15) is 0 Å². The standard InChI is InChI=1S/C26H24N6O2S/c1-31-8-10-32(11-9-31)19-5-3-18(4-6-19)27-25(33)16-2-7-20-17(12-16)13-21(28-20)24-26(34)30-23-15-35-14-22(23)29-24/h2-7,12-15,28H,8-11H2,1H3,(H,27,33)(H,30,34). The number of nitrogens with one attached hydrogen (secondary N) is 3. The Morgan fingerprint density at radius 1 is 0.971 bits per heavy atom. The van der Waals surface area contributed by atoms with E-state index in [0.29, 0.717) is 17.0 Å². The van der Waals surface area contributed by atoms with Gasteiger partial charge in [0, 0.05) is 64.8 Å². The molecule has 1 aliphatic rings. The molecule has 5 aromatic rings. The van der Waals surface area contributed by atoms with Crippen molar-refractivity contribution in [2.45, 2.75) is 0 Å². The number of H-pyrrole nitrogens is 2. The van der Waals surface area contributed by atoms with E-state index in [0.717, 1.165) is 53.8 Å². The Bertz CT molecular complexity index is 1590. The van der Waals surface area contributed by atoms with Crippen LogP contribution in [-0.2, 0) is 0 Å². The molecule has 2 aromatic carbocycles. The second-order valence-electron chi connectivity index (χ2n) is 8.86. The van der Waals surface area contributed by atoms with Crippen LogP contribution in [0.4, 0.5) is 11.4 Å². The summed E-state index contributed by atoms with van der Waals surface area (Å²) in [7, 11) is 2.14. The molecule has 0 radical (unpaired) electrons. The molecule has 0 spiro atoms. The van der Waals surface area contributed by atoms with Crippen LogP contribution in [0.1, 0.15) is 10.4 Å². The minimum atomic E-state index is -0.250. The first-order chi connectivity index (χ1) is 17.0. The topological polar surface area (TPSA) is 97.1 Å². The minimum Gasteiger partial charge on any atom is -0.369 e. The van der Waals surface area contributed by atoms with Crippen LogP contribution in [0.25, 0.3) is 33.3 Å². The summed E-state index contributed by atoms with van der Waals surface area (Å²) in [5, 5.41) is 7.59. The molecule has 1 fully saturated rings. The third-order valence-corrected chi connectivity index (χ3v) is 7.20. The van der Waals surface area contributed by atoms with E-state index in [1.807, 2.05) is 41.1 Å². The smallest absolute Gasteiger partial charge is 0.276 e. The van der Waals surface area contributed by atoms with Crippen molar-refractivity contribution in [2.24, 2.45) is 0 Å². The molecule has 3 N–H and O–H groups in total. The molecule has 4 heterocycles. The summed E-state index contributed by atoms with van der Waals surface area (Å²) in [6.45, 7) is 4.11. The molecule has 35 heavy (non-hydrogen) atoms. The molecule has 0 bridgehead atoms. The molecule has 6 rings (SSSR count). The number of aromatic nitrogens is 3. The predicted molar refractivity (Wildman–Crippen MR) is 142 cm³/mol. The number of hydrogen-bond donors (Lipinski definition) is 3. The van der Waals surface area contributed by atoms with Gasteiger partial charge < -0.3 is 25.1 Å². The molecule has 0 atom stereocenters. The highest BCUT2D eigenvalue weighted by atomic mass is 32.1. The maximum atomic E-state index is 12.9. The van der Waals surface area contributed by atoms with E-state index < -0.39 is 0 Å². The number of thiophene rings is 1. The van der Waals surface area contributed by atoms with Crippen molar-refractivity contribution in [2.75, 3.05) is 43.4 Å². The van der Waals surface area contributed by atoms with Gasteiger partial charge in [-0.05, 0) is 55.6 Å². The fourth-order valence-corrected chi connectivity index (χ4v) is 5.12. The zero-order chi connectivity index (χ0) is 23.9. The Kier molecular flexibility index (Phi) is 5.35. The van der Waals surface area contributed by atoms with E-state index in [2.05, 4.69) is 49.2 Å². The van der Waals surface area contributed by atoms with Crippen molar-refractivity contribution in [3.63, 3.8) is 0 Å². The molecular weight excluding hydrogens is 460 g/mol. The molecule has 1 aliphatic heterocycles. The first kappa shape index (κ1) is 21.6. The Balaban J connectivity index is 1.21. The van der Waals surface area contributed by atoms with Crippen molar-refractivity contribution >= 4 is 50.6 Å². The second kappa shape index (κ2) is 8.68. The molecule has 0 saturated carbocycles. The number of hydrogen-bond acceptors (Lipinski definition) is 6. The molecule has 1 saturated heterocycles. The van der Waals surface area contributed by atoms with Crippen molar-refractivity contribution in [3.05, 3.63) is 75.2 Å². The van der Waals surface area contributed by atoms with Gasteiger partial charge in [-0.25, -0.2) is 4.98 Å².